The third-order valence-electron chi connectivity index (χ3n) is 4.07. The van der Waals surface area contributed by atoms with Crippen molar-refractivity contribution in [3.8, 4) is 0 Å². The lowest BCUT2D eigenvalue weighted by Gasteiger charge is -2.23. The third-order valence-corrected chi connectivity index (χ3v) is 4.28. The molecular weight excluding hydrogens is 280 g/mol. The molecule has 21 heavy (non-hydrogen) atoms. The summed E-state index contributed by atoms with van der Waals surface area (Å²) in [4.78, 5) is 4.53. The van der Waals surface area contributed by atoms with Crippen LogP contribution in [0.3, 0.4) is 0 Å². The van der Waals surface area contributed by atoms with Crippen LogP contribution >= 0.6 is 12.2 Å². The van der Waals surface area contributed by atoms with Crippen molar-refractivity contribution in [3.05, 3.63) is 30.3 Å². The molecule has 0 amide bonds. The zero-order valence-electron chi connectivity index (χ0n) is 12.2. The fraction of sp³-hybridized carbons (Fsp3) is 0.500. The molecule has 2 N–H and O–H groups in total. The van der Waals surface area contributed by atoms with Crippen LogP contribution in [0.5, 0.6) is 0 Å². The number of hydrogen-bond donors (Lipinski definition) is 2. The van der Waals surface area contributed by atoms with Crippen molar-refractivity contribution in [2.75, 3.05) is 11.6 Å². The van der Waals surface area contributed by atoms with Crippen LogP contribution in [-0.2, 0) is 0 Å². The highest BCUT2D eigenvalue weighted by atomic mass is 32.1. The van der Waals surface area contributed by atoms with E-state index in [4.69, 9.17) is 12.2 Å². The number of anilines is 1. The highest BCUT2D eigenvalue weighted by Gasteiger charge is 2.18. The molecule has 0 unspecified atom stereocenters. The fourth-order valence-corrected chi connectivity index (χ4v) is 3.22. The summed E-state index contributed by atoms with van der Waals surface area (Å²) in [5.74, 6) is 0.951. The smallest absolute Gasteiger partial charge is 0.194 e. The van der Waals surface area contributed by atoms with E-state index in [1.165, 1.54) is 32.1 Å². The Labute approximate surface area is 131 Å². The van der Waals surface area contributed by atoms with Gasteiger partial charge in [-0.15, -0.1) is 0 Å². The van der Waals surface area contributed by atoms with Crippen molar-refractivity contribution in [3.63, 3.8) is 0 Å². The van der Waals surface area contributed by atoms with Gasteiger partial charge in [0, 0.05) is 19.0 Å². The molecule has 0 spiro atoms. The molecule has 4 nitrogen and oxygen atoms in total. The summed E-state index contributed by atoms with van der Waals surface area (Å²) in [6.07, 6.45) is 7.30. The lowest BCUT2D eigenvalue weighted by Crippen LogP contribution is -2.37. The molecule has 1 saturated heterocycles. The Morgan fingerprint density at radius 1 is 1.19 bits per heavy atom. The number of hydrazine groups is 1. The first kappa shape index (κ1) is 14.3. The Bertz CT molecular complexity index is 508. The van der Waals surface area contributed by atoms with E-state index in [0.29, 0.717) is 11.2 Å². The molecule has 0 bridgehead atoms. The van der Waals surface area contributed by atoms with Gasteiger partial charge in [0.25, 0.3) is 0 Å². The molecule has 0 atom stereocenters. The summed E-state index contributed by atoms with van der Waals surface area (Å²) in [6, 6.07) is 10.8. The van der Waals surface area contributed by atoms with Gasteiger partial charge in [0.1, 0.15) is 5.84 Å². The maximum Gasteiger partial charge on any atom is 0.194 e. The number of thiocarbonyl (C=S) groups is 1. The topological polar surface area (TPSA) is 39.7 Å². The molecule has 1 aromatic rings. The second-order valence-corrected chi connectivity index (χ2v) is 6.08. The molecule has 1 heterocycles. The molecular formula is C16H22N4S. The molecule has 2 fully saturated rings. The van der Waals surface area contributed by atoms with Crippen LogP contribution in [0, 0.1) is 0 Å². The number of aliphatic imine (C=N–C) groups is 1. The number of nitrogens with zero attached hydrogens (tertiary/aromatic N) is 2. The lowest BCUT2D eigenvalue weighted by atomic mass is 9.96. The Hall–Kier alpha value is -1.62. The summed E-state index contributed by atoms with van der Waals surface area (Å²) < 4.78 is 0. The van der Waals surface area contributed by atoms with Crippen molar-refractivity contribution >= 4 is 28.9 Å². The Balaban J connectivity index is 1.54. The first-order valence-electron chi connectivity index (χ1n) is 7.78. The van der Waals surface area contributed by atoms with Crippen LogP contribution in [0.4, 0.5) is 5.69 Å². The molecule has 2 aliphatic rings. The van der Waals surface area contributed by atoms with Gasteiger partial charge in [0.05, 0.1) is 5.69 Å². The van der Waals surface area contributed by atoms with Gasteiger partial charge in [0.2, 0.25) is 0 Å². The van der Waals surface area contributed by atoms with Gasteiger partial charge in [-0.3, -0.25) is 10.4 Å². The number of benzene rings is 1. The first-order valence-corrected chi connectivity index (χ1v) is 8.19. The van der Waals surface area contributed by atoms with E-state index in [1.54, 1.807) is 0 Å². The number of para-hydroxylation sites is 1. The first-order chi connectivity index (χ1) is 10.3. The minimum Gasteiger partial charge on any atom is -0.358 e. The second kappa shape index (κ2) is 6.89. The predicted molar refractivity (Wildman–Crippen MR) is 91.6 cm³/mol. The van der Waals surface area contributed by atoms with Gasteiger partial charge in [-0.1, -0.05) is 37.5 Å². The molecule has 3 rings (SSSR count). The van der Waals surface area contributed by atoms with Crippen LogP contribution in [-0.4, -0.2) is 23.5 Å². The van der Waals surface area contributed by atoms with E-state index in [2.05, 4.69) is 32.9 Å². The zero-order valence-corrected chi connectivity index (χ0v) is 13.0. The van der Waals surface area contributed by atoms with Gasteiger partial charge in [-0.2, -0.15) is 0 Å². The van der Waals surface area contributed by atoms with Crippen molar-refractivity contribution in [1.82, 2.24) is 10.7 Å². The van der Waals surface area contributed by atoms with E-state index in [-0.39, 0.29) is 0 Å². The average Bonchev–Trinajstić information content (AvgIpc) is 2.97. The van der Waals surface area contributed by atoms with Crippen molar-refractivity contribution in [2.45, 2.75) is 44.6 Å². The fourth-order valence-electron chi connectivity index (χ4n) is 2.94. The van der Waals surface area contributed by atoms with Crippen LogP contribution in [0.25, 0.3) is 0 Å². The quantitative estimate of drug-likeness (QED) is 0.824. The maximum atomic E-state index is 5.37. The SMILES string of the molecule is S=C(/N=C1\CCN(c2ccccc2)N1)NC1CCCCC1. The van der Waals surface area contributed by atoms with Gasteiger partial charge in [-0.25, -0.2) is 4.99 Å². The lowest BCUT2D eigenvalue weighted by molar-refractivity contribution is 0.414. The van der Waals surface area contributed by atoms with Crippen LogP contribution in [0.2, 0.25) is 0 Å². The summed E-state index contributed by atoms with van der Waals surface area (Å²) in [5.41, 5.74) is 4.49. The second-order valence-electron chi connectivity index (χ2n) is 5.69. The number of rotatable bonds is 2. The Morgan fingerprint density at radius 2 is 1.95 bits per heavy atom. The average molecular weight is 302 g/mol. The van der Waals surface area contributed by atoms with Gasteiger partial charge in [-0.05, 0) is 37.2 Å². The highest BCUT2D eigenvalue weighted by molar-refractivity contribution is 7.80. The van der Waals surface area contributed by atoms with Crippen molar-refractivity contribution < 1.29 is 0 Å². The van der Waals surface area contributed by atoms with Crippen LogP contribution in [0.1, 0.15) is 38.5 Å². The van der Waals surface area contributed by atoms with E-state index >= 15 is 0 Å². The van der Waals surface area contributed by atoms with E-state index in [1.807, 2.05) is 18.2 Å². The molecule has 0 aromatic heterocycles. The normalized spacial score (nSPS) is 21.3. The maximum absolute atomic E-state index is 5.37. The highest BCUT2D eigenvalue weighted by Crippen LogP contribution is 2.18. The standard InChI is InChI=1S/C16H22N4S/c21-16(17-13-7-3-1-4-8-13)18-15-11-12-20(19-15)14-9-5-2-6-10-14/h2,5-6,9-10,13H,1,3-4,7-8,11-12H2,(H2,17,18,19,21). The molecule has 1 aromatic carbocycles. The molecule has 1 aliphatic heterocycles. The Kier molecular flexibility index (Phi) is 4.70. The number of hydrogen-bond acceptors (Lipinski definition) is 2. The summed E-state index contributed by atoms with van der Waals surface area (Å²) in [7, 11) is 0. The predicted octanol–water partition coefficient (Wildman–Crippen LogP) is 3.01. The van der Waals surface area contributed by atoms with E-state index in [9.17, 15) is 0 Å². The monoisotopic (exact) mass is 302 g/mol. The van der Waals surface area contributed by atoms with Crippen LogP contribution < -0.4 is 15.8 Å². The third kappa shape index (κ3) is 3.94. The molecule has 0 radical (unpaired) electrons. The molecule has 1 saturated carbocycles. The molecule has 1 aliphatic carbocycles. The summed E-state index contributed by atoms with van der Waals surface area (Å²) >= 11 is 5.37. The zero-order chi connectivity index (χ0) is 14.5. The minimum absolute atomic E-state index is 0.516. The van der Waals surface area contributed by atoms with Gasteiger partial charge >= 0.3 is 0 Å². The molecule has 112 valence electrons. The molecule has 5 heteroatoms. The number of amidine groups is 1. The largest absolute Gasteiger partial charge is 0.358 e. The Morgan fingerprint density at radius 3 is 2.71 bits per heavy atom. The van der Waals surface area contributed by atoms with Crippen LogP contribution in [0.15, 0.2) is 35.3 Å². The van der Waals surface area contributed by atoms with E-state index < -0.39 is 0 Å². The van der Waals surface area contributed by atoms with Gasteiger partial charge < -0.3 is 5.32 Å². The summed E-state index contributed by atoms with van der Waals surface area (Å²) in [5, 5.41) is 6.12. The summed E-state index contributed by atoms with van der Waals surface area (Å²) in [6.45, 7) is 0.925. The van der Waals surface area contributed by atoms with Crippen molar-refractivity contribution in [1.29, 1.82) is 0 Å². The minimum atomic E-state index is 0.516. The van der Waals surface area contributed by atoms with Crippen molar-refractivity contribution in [2.24, 2.45) is 4.99 Å². The van der Waals surface area contributed by atoms with E-state index in [0.717, 1.165) is 24.5 Å². The van der Waals surface area contributed by atoms with Gasteiger partial charge in [0.15, 0.2) is 5.11 Å². The number of nitrogens with one attached hydrogen (secondary N) is 2.